The molecule has 0 heterocycles. The van der Waals surface area contributed by atoms with Crippen molar-refractivity contribution >= 4 is 35.2 Å². The van der Waals surface area contributed by atoms with Gasteiger partial charge in [0.15, 0.2) is 0 Å². The fraction of sp³-hybridized carbons (Fsp3) is 0.395. The number of hydrogen-bond acceptors (Lipinski definition) is 8. The maximum atomic E-state index is 10.4. The Bertz CT molecular complexity index is 1630. The molecule has 0 spiro atoms. The van der Waals surface area contributed by atoms with Crippen LogP contribution in [-0.4, -0.2) is 35.7 Å². The molecule has 0 atom stereocenters. The third-order valence-corrected chi connectivity index (χ3v) is 8.59. The Morgan fingerprint density at radius 1 is 0.490 bits per heavy atom. The first-order valence-electron chi connectivity index (χ1n) is 18.4. The van der Waals surface area contributed by atoms with Crippen molar-refractivity contribution in [2.45, 2.75) is 91.9 Å². The Balaban J connectivity index is 1.28. The Morgan fingerprint density at radius 2 is 0.863 bits per heavy atom. The summed E-state index contributed by atoms with van der Waals surface area (Å²) >= 11 is 0. The van der Waals surface area contributed by atoms with E-state index in [2.05, 4.69) is 82.4 Å². The zero-order chi connectivity index (χ0) is 36.3. The number of aliphatic imine (C=N–C) groups is 2. The van der Waals surface area contributed by atoms with Crippen LogP contribution in [0.1, 0.15) is 101 Å². The largest absolute Gasteiger partial charge is 0.507 e. The number of phenols is 2. The average Bonchev–Trinajstić information content (AvgIpc) is 3.13. The predicted octanol–water partition coefficient (Wildman–Crippen LogP) is 12.7. The molecule has 0 aromatic heterocycles. The summed E-state index contributed by atoms with van der Waals surface area (Å²) in [6.45, 7) is 9.57. The van der Waals surface area contributed by atoms with Gasteiger partial charge in [0.2, 0.25) is 0 Å². The lowest BCUT2D eigenvalue weighted by Gasteiger charge is -2.19. The molecule has 0 radical (unpaired) electrons. The second-order valence-corrected chi connectivity index (χ2v) is 13.9. The lowest BCUT2D eigenvalue weighted by atomic mass is 9.94. The number of azo groups is 2. The molecule has 8 heteroatoms. The number of nitrogens with zero attached hydrogens (tertiary/aromatic N) is 6. The zero-order valence-corrected chi connectivity index (χ0v) is 30.8. The molecule has 0 aliphatic heterocycles. The van der Waals surface area contributed by atoms with E-state index in [9.17, 15) is 10.2 Å². The van der Waals surface area contributed by atoms with E-state index in [1.807, 2.05) is 24.3 Å². The molecule has 4 rings (SSSR count). The Kier molecular flexibility index (Phi) is 15.7. The van der Waals surface area contributed by atoms with Crippen LogP contribution in [0.3, 0.4) is 0 Å². The first-order chi connectivity index (χ1) is 24.7. The van der Waals surface area contributed by atoms with E-state index >= 15 is 0 Å². The average molecular weight is 687 g/mol. The lowest BCUT2D eigenvalue weighted by Crippen LogP contribution is -2.19. The fourth-order valence-corrected chi connectivity index (χ4v) is 5.45. The van der Waals surface area contributed by atoms with Gasteiger partial charge in [-0.3, -0.25) is 9.98 Å². The smallest absolute Gasteiger partial charge is 0.124 e. The highest BCUT2D eigenvalue weighted by molar-refractivity contribution is 5.85. The van der Waals surface area contributed by atoms with Crippen LogP contribution >= 0.6 is 0 Å². The number of benzene rings is 4. The van der Waals surface area contributed by atoms with Crippen molar-refractivity contribution in [1.29, 1.82) is 0 Å². The summed E-state index contributed by atoms with van der Waals surface area (Å²) in [5.41, 5.74) is 6.35. The van der Waals surface area contributed by atoms with Crippen molar-refractivity contribution in [3.63, 3.8) is 0 Å². The number of phenolic OH excluding ortho intramolecular Hbond substituents is 2. The number of aromatic hydroxyl groups is 2. The maximum Gasteiger partial charge on any atom is 0.124 e. The summed E-state index contributed by atoms with van der Waals surface area (Å²) in [6, 6.07) is 26.7. The zero-order valence-electron chi connectivity index (χ0n) is 30.8. The van der Waals surface area contributed by atoms with Gasteiger partial charge in [-0.2, -0.15) is 20.5 Å². The number of aryl methyl sites for hydroxylation is 2. The second kappa shape index (κ2) is 20.6. The third-order valence-electron chi connectivity index (χ3n) is 8.59. The van der Waals surface area contributed by atoms with Gasteiger partial charge >= 0.3 is 0 Å². The second-order valence-electron chi connectivity index (χ2n) is 13.9. The third kappa shape index (κ3) is 14.0. The highest BCUT2D eigenvalue weighted by atomic mass is 16.3. The highest BCUT2D eigenvalue weighted by Gasteiger charge is 2.16. The van der Waals surface area contributed by atoms with Gasteiger partial charge in [-0.15, -0.1) is 0 Å². The van der Waals surface area contributed by atoms with Gasteiger partial charge in [0, 0.05) is 42.1 Å². The minimum atomic E-state index is -0.267. The van der Waals surface area contributed by atoms with E-state index in [0.717, 1.165) is 24.2 Å². The monoisotopic (exact) mass is 686 g/mol. The summed E-state index contributed by atoms with van der Waals surface area (Å²) in [4.78, 5) is 9.22. The van der Waals surface area contributed by atoms with Crippen molar-refractivity contribution in [3.05, 3.63) is 107 Å². The Morgan fingerprint density at radius 3 is 1.25 bits per heavy atom. The van der Waals surface area contributed by atoms with E-state index in [1.165, 1.54) is 62.5 Å². The number of rotatable bonds is 20. The van der Waals surface area contributed by atoms with Crippen molar-refractivity contribution in [2.24, 2.45) is 35.9 Å². The van der Waals surface area contributed by atoms with Gasteiger partial charge in [0.05, 0.1) is 22.7 Å². The first kappa shape index (κ1) is 38.8. The summed E-state index contributed by atoms with van der Waals surface area (Å²) in [5.74, 6) is 0.256. The predicted molar refractivity (Wildman–Crippen MR) is 212 cm³/mol. The van der Waals surface area contributed by atoms with Crippen molar-refractivity contribution < 1.29 is 10.2 Å². The normalized spacial score (nSPS) is 12.3. The molecule has 0 bridgehead atoms. The topological polar surface area (TPSA) is 115 Å². The summed E-state index contributed by atoms with van der Waals surface area (Å²) in [7, 11) is 0. The molecule has 0 aliphatic carbocycles. The van der Waals surface area contributed by atoms with E-state index in [1.54, 1.807) is 48.8 Å². The fourth-order valence-electron chi connectivity index (χ4n) is 5.45. The Hall–Kier alpha value is -4.98. The minimum absolute atomic E-state index is 0.128. The van der Waals surface area contributed by atoms with Crippen LogP contribution in [0.15, 0.2) is 115 Å². The standard InChI is InChI=1S/C43H54N6O2/c1-5-7-9-11-13-33-15-19-37(20-16-33)46-48-39-23-25-41(50)35(27-39)29-44-31-43(3,4)32-45-30-36-28-40(24-26-42(36)51)49-47-38-21-17-34(18-22-38)14-12-10-8-6-2/h15-30,50-51H,5-14,31-32H2,1-4H3. The minimum Gasteiger partial charge on any atom is -0.507 e. The summed E-state index contributed by atoms with van der Waals surface area (Å²) < 4.78 is 0. The van der Waals surface area contributed by atoms with Gasteiger partial charge < -0.3 is 10.2 Å². The summed E-state index contributed by atoms with van der Waals surface area (Å²) in [6.07, 6.45) is 15.5. The molecular weight excluding hydrogens is 633 g/mol. The molecule has 0 saturated carbocycles. The van der Waals surface area contributed by atoms with E-state index in [0.29, 0.717) is 35.6 Å². The molecule has 4 aromatic carbocycles. The van der Waals surface area contributed by atoms with Crippen LogP contribution in [-0.2, 0) is 12.8 Å². The molecule has 0 amide bonds. The highest BCUT2D eigenvalue weighted by Crippen LogP contribution is 2.27. The molecule has 0 fully saturated rings. The van der Waals surface area contributed by atoms with Gasteiger partial charge in [0.1, 0.15) is 11.5 Å². The van der Waals surface area contributed by atoms with E-state index in [-0.39, 0.29) is 16.9 Å². The maximum absolute atomic E-state index is 10.4. The molecule has 4 aromatic rings. The number of unbranched alkanes of at least 4 members (excludes halogenated alkanes) is 6. The van der Waals surface area contributed by atoms with Crippen LogP contribution in [0.2, 0.25) is 0 Å². The van der Waals surface area contributed by atoms with Crippen LogP contribution < -0.4 is 0 Å². The van der Waals surface area contributed by atoms with Crippen LogP contribution in [0.4, 0.5) is 22.7 Å². The first-order valence-corrected chi connectivity index (χ1v) is 18.4. The summed E-state index contributed by atoms with van der Waals surface area (Å²) in [5, 5.41) is 38.4. The van der Waals surface area contributed by atoms with Gasteiger partial charge in [-0.05, 0) is 97.5 Å². The van der Waals surface area contributed by atoms with E-state index < -0.39 is 0 Å². The molecular formula is C43H54N6O2. The van der Waals surface area contributed by atoms with Gasteiger partial charge in [-0.1, -0.05) is 90.5 Å². The molecule has 8 nitrogen and oxygen atoms in total. The van der Waals surface area contributed by atoms with Crippen molar-refractivity contribution in [2.75, 3.05) is 13.1 Å². The molecule has 268 valence electrons. The van der Waals surface area contributed by atoms with Gasteiger partial charge in [0.25, 0.3) is 0 Å². The number of hydrogen-bond donors (Lipinski definition) is 2. The SMILES string of the molecule is CCCCCCc1ccc(N=Nc2ccc(O)c(C=NCC(C)(C)CN=Cc3cc(N=Nc4ccc(CCCCCC)cc4)ccc3O)c2)cc1. The molecule has 51 heavy (non-hydrogen) atoms. The molecule has 0 aliphatic rings. The lowest BCUT2D eigenvalue weighted by molar-refractivity contribution is 0.396. The molecule has 2 N–H and O–H groups in total. The van der Waals surface area contributed by atoms with Crippen LogP contribution in [0.5, 0.6) is 11.5 Å². The van der Waals surface area contributed by atoms with Gasteiger partial charge in [-0.25, -0.2) is 0 Å². The quantitative estimate of drug-likeness (QED) is 0.0547. The molecule has 0 unspecified atom stereocenters. The molecule has 0 saturated heterocycles. The van der Waals surface area contributed by atoms with Crippen LogP contribution in [0.25, 0.3) is 0 Å². The van der Waals surface area contributed by atoms with E-state index in [4.69, 9.17) is 0 Å². The Labute approximate surface area is 304 Å². The van der Waals surface area contributed by atoms with Crippen molar-refractivity contribution in [1.82, 2.24) is 0 Å². The van der Waals surface area contributed by atoms with Crippen LogP contribution in [0, 0.1) is 5.41 Å². The van der Waals surface area contributed by atoms with Crippen molar-refractivity contribution in [3.8, 4) is 11.5 Å².